The summed E-state index contributed by atoms with van der Waals surface area (Å²) < 4.78 is 0. The molecule has 3 rings (SSSR count). The first kappa shape index (κ1) is 13.9. The van der Waals surface area contributed by atoms with Crippen LogP contribution in [0.5, 0.6) is 0 Å². The first-order chi connectivity index (χ1) is 9.68. The van der Waals surface area contributed by atoms with Crippen molar-refractivity contribution in [2.24, 2.45) is 5.92 Å². The molecule has 0 saturated carbocycles. The van der Waals surface area contributed by atoms with E-state index in [9.17, 15) is 9.59 Å². The van der Waals surface area contributed by atoms with E-state index in [2.05, 4.69) is 17.6 Å². The number of fused-ring (bicyclic) bond motifs is 1. The van der Waals surface area contributed by atoms with Crippen LogP contribution in [0.2, 0.25) is 0 Å². The molecule has 3 saturated heterocycles. The highest BCUT2D eigenvalue weighted by Crippen LogP contribution is 2.33. The fourth-order valence-electron chi connectivity index (χ4n) is 4.21. The summed E-state index contributed by atoms with van der Waals surface area (Å²) >= 11 is 0. The predicted octanol–water partition coefficient (Wildman–Crippen LogP) is 0.646. The lowest BCUT2D eigenvalue weighted by molar-refractivity contribution is -0.143. The van der Waals surface area contributed by atoms with E-state index in [-0.39, 0.29) is 29.3 Å². The maximum absolute atomic E-state index is 13.1. The molecule has 3 heterocycles. The van der Waals surface area contributed by atoms with Crippen LogP contribution < -0.4 is 10.6 Å². The molecule has 3 fully saturated rings. The SMILES string of the molecule is CCCC1(C(=O)N2CCCC3C(=O)NCC32)CCCN1. The van der Waals surface area contributed by atoms with Crippen molar-refractivity contribution in [3.63, 3.8) is 0 Å². The predicted molar refractivity (Wildman–Crippen MR) is 76.1 cm³/mol. The number of hydrogen-bond acceptors (Lipinski definition) is 3. The summed E-state index contributed by atoms with van der Waals surface area (Å²) in [6, 6.07) is 0.0832. The van der Waals surface area contributed by atoms with Crippen LogP contribution in [0.3, 0.4) is 0 Å². The van der Waals surface area contributed by atoms with E-state index in [4.69, 9.17) is 0 Å². The second-order valence-electron chi connectivity index (χ2n) is 6.42. The van der Waals surface area contributed by atoms with Crippen LogP contribution in [0, 0.1) is 5.92 Å². The number of likely N-dealkylation sites (tertiary alicyclic amines) is 1. The first-order valence-corrected chi connectivity index (χ1v) is 8.02. The van der Waals surface area contributed by atoms with Crippen LogP contribution in [0.15, 0.2) is 0 Å². The quantitative estimate of drug-likeness (QED) is 0.797. The highest BCUT2D eigenvalue weighted by molar-refractivity contribution is 5.89. The molecule has 0 spiro atoms. The Morgan fingerprint density at radius 1 is 1.45 bits per heavy atom. The van der Waals surface area contributed by atoms with Crippen molar-refractivity contribution in [2.45, 2.75) is 57.0 Å². The van der Waals surface area contributed by atoms with Crippen LogP contribution in [0.1, 0.15) is 45.4 Å². The second-order valence-corrected chi connectivity index (χ2v) is 6.42. The summed E-state index contributed by atoms with van der Waals surface area (Å²) in [5, 5.41) is 6.39. The minimum Gasteiger partial charge on any atom is -0.354 e. The van der Waals surface area contributed by atoms with Crippen LogP contribution >= 0.6 is 0 Å². The molecular weight excluding hydrogens is 254 g/mol. The van der Waals surface area contributed by atoms with Gasteiger partial charge in [0.1, 0.15) is 0 Å². The highest BCUT2D eigenvalue weighted by Gasteiger charge is 2.49. The van der Waals surface area contributed by atoms with Gasteiger partial charge in [-0.1, -0.05) is 13.3 Å². The number of hydrogen-bond donors (Lipinski definition) is 2. The van der Waals surface area contributed by atoms with Crippen LogP contribution in [0.25, 0.3) is 0 Å². The summed E-state index contributed by atoms with van der Waals surface area (Å²) in [6.45, 7) is 4.51. The molecule has 2 amide bonds. The molecule has 3 atom stereocenters. The fraction of sp³-hybridized carbons (Fsp3) is 0.867. The van der Waals surface area contributed by atoms with Gasteiger partial charge in [0, 0.05) is 13.1 Å². The van der Waals surface area contributed by atoms with Crippen LogP contribution in [-0.2, 0) is 9.59 Å². The Balaban J connectivity index is 1.80. The molecule has 112 valence electrons. The molecule has 0 aliphatic carbocycles. The zero-order valence-electron chi connectivity index (χ0n) is 12.3. The van der Waals surface area contributed by atoms with Crippen LogP contribution in [-0.4, -0.2) is 47.9 Å². The Hall–Kier alpha value is -1.10. The van der Waals surface area contributed by atoms with Gasteiger partial charge in [-0.3, -0.25) is 9.59 Å². The van der Waals surface area contributed by atoms with E-state index in [1.807, 2.05) is 4.90 Å². The van der Waals surface area contributed by atoms with Crippen molar-refractivity contribution in [1.29, 1.82) is 0 Å². The molecular formula is C15H25N3O2. The average Bonchev–Trinajstić information content (AvgIpc) is 3.07. The van der Waals surface area contributed by atoms with Crippen molar-refractivity contribution < 1.29 is 9.59 Å². The maximum Gasteiger partial charge on any atom is 0.243 e. The third-order valence-electron chi connectivity index (χ3n) is 5.19. The Bertz CT molecular complexity index is 404. The lowest BCUT2D eigenvalue weighted by atomic mass is 9.86. The number of carbonyl (C=O) groups is 2. The van der Waals surface area contributed by atoms with Crippen molar-refractivity contribution >= 4 is 11.8 Å². The first-order valence-electron chi connectivity index (χ1n) is 8.02. The average molecular weight is 279 g/mol. The van der Waals surface area contributed by atoms with E-state index in [1.165, 1.54) is 0 Å². The molecule has 0 aromatic carbocycles. The number of piperidine rings is 1. The number of rotatable bonds is 3. The molecule has 2 N–H and O–H groups in total. The summed E-state index contributed by atoms with van der Waals surface area (Å²) in [4.78, 5) is 26.9. The smallest absolute Gasteiger partial charge is 0.243 e. The fourth-order valence-corrected chi connectivity index (χ4v) is 4.21. The molecule has 5 heteroatoms. The van der Waals surface area contributed by atoms with Crippen molar-refractivity contribution in [3.8, 4) is 0 Å². The second kappa shape index (κ2) is 5.35. The maximum atomic E-state index is 13.1. The highest BCUT2D eigenvalue weighted by atomic mass is 16.2. The van der Waals surface area contributed by atoms with Crippen molar-refractivity contribution in [2.75, 3.05) is 19.6 Å². The van der Waals surface area contributed by atoms with E-state index in [0.717, 1.165) is 51.6 Å². The van der Waals surface area contributed by atoms with Crippen molar-refractivity contribution in [3.05, 3.63) is 0 Å². The van der Waals surface area contributed by atoms with Gasteiger partial charge in [0.15, 0.2) is 0 Å². The van der Waals surface area contributed by atoms with Gasteiger partial charge in [-0.2, -0.15) is 0 Å². The topological polar surface area (TPSA) is 61.4 Å². The molecule has 3 aliphatic heterocycles. The Morgan fingerprint density at radius 3 is 3.00 bits per heavy atom. The molecule has 3 aliphatic rings. The lowest BCUT2D eigenvalue weighted by Gasteiger charge is -2.41. The van der Waals surface area contributed by atoms with Gasteiger partial charge in [0.2, 0.25) is 11.8 Å². The number of amides is 2. The van der Waals surface area contributed by atoms with E-state index < -0.39 is 0 Å². The zero-order valence-corrected chi connectivity index (χ0v) is 12.3. The molecule has 3 unspecified atom stereocenters. The third kappa shape index (κ3) is 2.12. The summed E-state index contributed by atoms with van der Waals surface area (Å²) in [5.41, 5.74) is -0.359. The Morgan fingerprint density at radius 2 is 2.30 bits per heavy atom. The Kier molecular flexibility index (Phi) is 3.71. The van der Waals surface area contributed by atoms with Gasteiger partial charge in [-0.25, -0.2) is 0 Å². The number of nitrogens with one attached hydrogen (secondary N) is 2. The van der Waals surface area contributed by atoms with E-state index in [1.54, 1.807) is 0 Å². The summed E-state index contributed by atoms with van der Waals surface area (Å²) in [5.74, 6) is 0.396. The minimum atomic E-state index is -0.359. The molecule has 20 heavy (non-hydrogen) atoms. The summed E-state index contributed by atoms with van der Waals surface area (Å²) in [6.07, 6.45) is 5.80. The summed E-state index contributed by atoms with van der Waals surface area (Å²) in [7, 11) is 0. The zero-order chi connectivity index (χ0) is 14.2. The minimum absolute atomic E-state index is 0.0211. The molecule has 0 aromatic rings. The molecule has 0 bridgehead atoms. The standard InChI is InChI=1S/C15H25N3O2/c1-2-6-15(7-4-8-17-15)14(20)18-9-3-5-11-12(18)10-16-13(11)19/h11-12,17H,2-10H2,1H3,(H,16,19). The van der Waals surface area contributed by atoms with Gasteiger partial charge < -0.3 is 15.5 Å². The van der Waals surface area contributed by atoms with Gasteiger partial charge >= 0.3 is 0 Å². The van der Waals surface area contributed by atoms with E-state index >= 15 is 0 Å². The number of carbonyl (C=O) groups excluding carboxylic acids is 2. The lowest BCUT2D eigenvalue weighted by Crippen LogP contribution is -2.60. The van der Waals surface area contributed by atoms with Crippen molar-refractivity contribution in [1.82, 2.24) is 15.5 Å². The molecule has 5 nitrogen and oxygen atoms in total. The van der Waals surface area contributed by atoms with Gasteiger partial charge in [-0.15, -0.1) is 0 Å². The van der Waals surface area contributed by atoms with Gasteiger partial charge in [0.05, 0.1) is 17.5 Å². The van der Waals surface area contributed by atoms with Gasteiger partial charge in [-0.05, 0) is 38.6 Å². The van der Waals surface area contributed by atoms with E-state index in [0.29, 0.717) is 6.54 Å². The monoisotopic (exact) mass is 279 g/mol. The largest absolute Gasteiger partial charge is 0.354 e. The third-order valence-corrected chi connectivity index (χ3v) is 5.19. The normalized spacial score (nSPS) is 36.9. The Labute approximate surface area is 120 Å². The van der Waals surface area contributed by atoms with Crippen LogP contribution in [0.4, 0.5) is 0 Å². The number of nitrogens with zero attached hydrogens (tertiary/aromatic N) is 1. The molecule has 0 radical (unpaired) electrons. The van der Waals surface area contributed by atoms with Gasteiger partial charge in [0.25, 0.3) is 0 Å². The molecule has 0 aromatic heterocycles.